The molecule has 0 amide bonds. The summed E-state index contributed by atoms with van der Waals surface area (Å²) in [6.45, 7) is 2.84. The molecule has 3 aliphatic rings. The van der Waals surface area contributed by atoms with Gasteiger partial charge in [-0.25, -0.2) is 4.99 Å². The Kier molecular flexibility index (Phi) is 1.08. The number of aliphatic imine (C=N–C) groups is 1. The smallest absolute Gasteiger partial charge is 0.216 e. The van der Waals surface area contributed by atoms with Gasteiger partial charge in [0.15, 0.2) is 0 Å². The fraction of sp³-hybridized carbons (Fsp3) is 0.500. The number of fused-ring (bicyclic) bond motifs is 1. The standard InChI is InChI=1S/C10H11NO/c1-6-5-12-10(11-6)8-3-2-7-4-9(7)8/h2-3,6-7H,4-5H2,1H3/t6-,7?/m1/s1. The normalized spacial score (nSPS) is 36.6. The molecule has 1 unspecified atom stereocenters. The number of rotatable bonds is 1. The lowest BCUT2D eigenvalue weighted by Crippen LogP contribution is -2.01. The van der Waals surface area contributed by atoms with Crippen LogP contribution in [0.2, 0.25) is 0 Å². The van der Waals surface area contributed by atoms with Crippen molar-refractivity contribution in [1.29, 1.82) is 0 Å². The predicted octanol–water partition coefficient (Wildman–Crippen LogP) is 1.69. The van der Waals surface area contributed by atoms with Gasteiger partial charge in [-0.1, -0.05) is 12.2 Å². The number of hydrogen-bond acceptors (Lipinski definition) is 2. The minimum atomic E-state index is 0.347. The van der Waals surface area contributed by atoms with Gasteiger partial charge in [-0.15, -0.1) is 0 Å². The van der Waals surface area contributed by atoms with Crippen LogP contribution >= 0.6 is 0 Å². The summed E-state index contributed by atoms with van der Waals surface area (Å²) in [5, 5.41) is 0. The van der Waals surface area contributed by atoms with Gasteiger partial charge in [-0.2, -0.15) is 0 Å². The fourth-order valence-corrected chi connectivity index (χ4v) is 1.82. The van der Waals surface area contributed by atoms with Crippen LogP contribution in [0.1, 0.15) is 13.3 Å². The van der Waals surface area contributed by atoms with Gasteiger partial charge >= 0.3 is 0 Å². The Morgan fingerprint density at radius 1 is 1.58 bits per heavy atom. The summed E-state index contributed by atoms with van der Waals surface area (Å²) in [6, 6.07) is 0.347. The van der Waals surface area contributed by atoms with Crippen LogP contribution < -0.4 is 0 Å². The third kappa shape index (κ3) is 0.779. The highest BCUT2D eigenvalue weighted by molar-refractivity contribution is 6.00. The summed E-state index contributed by atoms with van der Waals surface area (Å²) in [6.07, 6.45) is 5.64. The van der Waals surface area contributed by atoms with E-state index in [2.05, 4.69) is 24.1 Å². The summed E-state index contributed by atoms with van der Waals surface area (Å²) < 4.78 is 5.49. The molecule has 2 heteroatoms. The van der Waals surface area contributed by atoms with Crippen molar-refractivity contribution in [3.8, 4) is 0 Å². The summed E-state index contributed by atoms with van der Waals surface area (Å²) in [4.78, 5) is 4.43. The van der Waals surface area contributed by atoms with Crippen molar-refractivity contribution in [3.05, 3.63) is 23.3 Å². The lowest BCUT2D eigenvalue weighted by atomic mass is 10.2. The highest BCUT2D eigenvalue weighted by Gasteiger charge is 2.37. The quantitative estimate of drug-likeness (QED) is 0.573. The van der Waals surface area contributed by atoms with Crippen LogP contribution in [0, 0.1) is 5.92 Å². The zero-order chi connectivity index (χ0) is 8.13. The molecule has 0 spiro atoms. The van der Waals surface area contributed by atoms with Crippen LogP contribution in [0.4, 0.5) is 0 Å². The molecule has 1 fully saturated rings. The monoisotopic (exact) mass is 161 g/mol. The van der Waals surface area contributed by atoms with E-state index < -0.39 is 0 Å². The summed E-state index contributed by atoms with van der Waals surface area (Å²) >= 11 is 0. The lowest BCUT2D eigenvalue weighted by molar-refractivity contribution is 0.324. The Morgan fingerprint density at radius 2 is 2.50 bits per heavy atom. The van der Waals surface area contributed by atoms with Crippen LogP contribution in [-0.4, -0.2) is 18.5 Å². The molecule has 0 bridgehead atoms. The highest BCUT2D eigenvalue weighted by atomic mass is 16.5. The molecule has 3 rings (SSSR count). The second kappa shape index (κ2) is 2.00. The van der Waals surface area contributed by atoms with Crippen LogP contribution in [-0.2, 0) is 4.74 Å². The van der Waals surface area contributed by atoms with Crippen molar-refractivity contribution in [2.24, 2.45) is 10.9 Å². The molecule has 0 saturated heterocycles. The van der Waals surface area contributed by atoms with Crippen LogP contribution in [0.15, 0.2) is 28.3 Å². The van der Waals surface area contributed by atoms with Gasteiger partial charge in [-0.05, 0) is 18.9 Å². The molecule has 1 heterocycles. The van der Waals surface area contributed by atoms with Crippen LogP contribution in [0.3, 0.4) is 0 Å². The molecule has 0 aromatic rings. The zero-order valence-corrected chi connectivity index (χ0v) is 7.08. The molecule has 0 aromatic carbocycles. The van der Waals surface area contributed by atoms with E-state index in [1.54, 1.807) is 0 Å². The van der Waals surface area contributed by atoms with E-state index in [0.29, 0.717) is 6.04 Å². The van der Waals surface area contributed by atoms with Gasteiger partial charge in [0.2, 0.25) is 5.90 Å². The van der Waals surface area contributed by atoms with Gasteiger partial charge in [0.1, 0.15) is 6.61 Å². The fourth-order valence-electron chi connectivity index (χ4n) is 1.82. The number of nitrogens with zero attached hydrogens (tertiary/aromatic N) is 1. The van der Waals surface area contributed by atoms with Gasteiger partial charge < -0.3 is 4.74 Å². The van der Waals surface area contributed by atoms with Crippen molar-refractivity contribution in [2.75, 3.05) is 6.61 Å². The minimum Gasteiger partial charge on any atom is -0.475 e. The van der Waals surface area contributed by atoms with Crippen LogP contribution in [0.5, 0.6) is 0 Å². The molecule has 1 saturated carbocycles. The van der Waals surface area contributed by atoms with Gasteiger partial charge in [0.05, 0.1) is 6.04 Å². The molecule has 0 radical (unpaired) electrons. The lowest BCUT2D eigenvalue weighted by Gasteiger charge is -1.98. The van der Waals surface area contributed by atoms with Crippen molar-refractivity contribution >= 4 is 5.90 Å². The Bertz CT molecular complexity index is 325. The molecule has 2 nitrogen and oxygen atoms in total. The topological polar surface area (TPSA) is 21.6 Å². The average Bonchev–Trinajstić information content (AvgIpc) is 2.53. The minimum absolute atomic E-state index is 0.347. The van der Waals surface area contributed by atoms with Crippen molar-refractivity contribution in [1.82, 2.24) is 0 Å². The first-order valence-corrected chi connectivity index (χ1v) is 4.47. The molecule has 62 valence electrons. The van der Waals surface area contributed by atoms with E-state index in [1.807, 2.05) is 0 Å². The van der Waals surface area contributed by atoms with Crippen LogP contribution in [0.25, 0.3) is 0 Å². The van der Waals surface area contributed by atoms with E-state index in [0.717, 1.165) is 18.4 Å². The number of hydrogen-bond donors (Lipinski definition) is 0. The van der Waals surface area contributed by atoms with E-state index in [-0.39, 0.29) is 0 Å². The van der Waals surface area contributed by atoms with Crippen molar-refractivity contribution < 1.29 is 4.74 Å². The maximum Gasteiger partial charge on any atom is 0.216 e. The largest absolute Gasteiger partial charge is 0.475 e. The third-order valence-electron chi connectivity index (χ3n) is 2.60. The molecule has 2 atom stereocenters. The predicted molar refractivity (Wildman–Crippen MR) is 47.1 cm³/mol. The Morgan fingerprint density at radius 3 is 3.00 bits per heavy atom. The van der Waals surface area contributed by atoms with Gasteiger partial charge in [-0.3, -0.25) is 0 Å². The Balaban J connectivity index is 1.95. The third-order valence-corrected chi connectivity index (χ3v) is 2.60. The summed E-state index contributed by atoms with van der Waals surface area (Å²) in [5.74, 6) is 1.62. The molecule has 12 heavy (non-hydrogen) atoms. The van der Waals surface area contributed by atoms with E-state index in [1.165, 1.54) is 17.6 Å². The van der Waals surface area contributed by atoms with E-state index >= 15 is 0 Å². The number of allylic oxidation sites excluding steroid dienone is 2. The maximum absolute atomic E-state index is 5.49. The second-order valence-corrected chi connectivity index (χ2v) is 3.70. The van der Waals surface area contributed by atoms with Gasteiger partial charge in [0.25, 0.3) is 0 Å². The highest BCUT2D eigenvalue weighted by Crippen LogP contribution is 2.47. The molecule has 2 aliphatic carbocycles. The van der Waals surface area contributed by atoms with Crippen molar-refractivity contribution in [3.63, 3.8) is 0 Å². The summed E-state index contributed by atoms with van der Waals surface area (Å²) in [5.41, 5.74) is 2.80. The molecule has 0 aromatic heterocycles. The number of ether oxygens (including phenoxy) is 1. The van der Waals surface area contributed by atoms with E-state index in [9.17, 15) is 0 Å². The summed E-state index contributed by atoms with van der Waals surface area (Å²) in [7, 11) is 0. The van der Waals surface area contributed by atoms with E-state index in [4.69, 9.17) is 4.74 Å². The van der Waals surface area contributed by atoms with Crippen molar-refractivity contribution in [2.45, 2.75) is 19.4 Å². The van der Waals surface area contributed by atoms with Gasteiger partial charge in [0, 0.05) is 11.5 Å². The molecular formula is C10H11NO. The molecule has 0 N–H and O–H groups in total. The average molecular weight is 161 g/mol. The first-order valence-electron chi connectivity index (χ1n) is 4.47. The maximum atomic E-state index is 5.49. The molecule has 1 aliphatic heterocycles. The zero-order valence-electron chi connectivity index (χ0n) is 7.08. The Hall–Kier alpha value is -1.05. The first kappa shape index (κ1) is 6.46. The first-order chi connectivity index (χ1) is 5.84. The molecular weight excluding hydrogens is 150 g/mol. The Labute approximate surface area is 71.6 Å². The SMILES string of the molecule is C[C@@H]1COC(C2=C3CC3C=C2)=N1. The second-order valence-electron chi connectivity index (χ2n) is 3.70.